The smallest absolute Gasteiger partial charge is 0.132 e. The molecule has 0 atom stereocenters. The van der Waals surface area contributed by atoms with Gasteiger partial charge in [0.05, 0.1) is 11.0 Å². The SMILES string of the molecule is CNc1ccc(=N)c2cncn(O)c1-2. The van der Waals surface area contributed by atoms with Crippen LogP contribution in [0.25, 0.3) is 11.3 Å². The molecule has 5 heteroatoms. The van der Waals surface area contributed by atoms with Gasteiger partial charge in [0.2, 0.25) is 0 Å². The highest BCUT2D eigenvalue weighted by atomic mass is 16.5. The van der Waals surface area contributed by atoms with Gasteiger partial charge in [0.15, 0.2) is 0 Å². The first-order valence-electron chi connectivity index (χ1n) is 4.15. The van der Waals surface area contributed by atoms with Crippen molar-refractivity contribution < 1.29 is 5.21 Å². The molecule has 0 unspecified atom stereocenters. The Labute approximate surface area is 80.5 Å². The first kappa shape index (κ1) is 8.55. The molecule has 0 aromatic carbocycles. The van der Waals surface area contributed by atoms with Crippen molar-refractivity contribution in [3.8, 4) is 11.3 Å². The lowest BCUT2D eigenvalue weighted by atomic mass is 10.1. The monoisotopic (exact) mass is 190 g/mol. The predicted octanol–water partition coefficient (Wildman–Crippen LogP) is 0.746. The van der Waals surface area contributed by atoms with E-state index in [0.717, 1.165) is 10.4 Å². The molecule has 1 aliphatic heterocycles. The molecule has 2 rings (SSSR count). The quantitative estimate of drug-likeness (QED) is 0.581. The summed E-state index contributed by atoms with van der Waals surface area (Å²) in [7, 11) is 1.76. The van der Waals surface area contributed by atoms with Gasteiger partial charge < -0.3 is 15.9 Å². The molecule has 0 aromatic rings. The van der Waals surface area contributed by atoms with Crippen LogP contribution < -0.4 is 10.7 Å². The highest BCUT2D eigenvalue weighted by molar-refractivity contribution is 5.74. The second-order valence-electron chi connectivity index (χ2n) is 2.91. The lowest BCUT2D eigenvalue weighted by Gasteiger charge is -2.13. The number of rotatable bonds is 1. The number of hydrogen-bond acceptors (Lipinski definition) is 4. The molecule has 1 aliphatic carbocycles. The maximum absolute atomic E-state index is 9.54. The lowest BCUT2D eigenvalue weighted by Crippen LogP contribution is -2.13. The van der Waals surface area contributed by atoms with Crippen LogP contribution in [0, 0.1) is 5.41 Å². The van der Waals surface area contributed by atoms with Crippen molar-refractivity contribution in [1.29, 1.82) is 5.41 Å². The van der Waals surface area contributed by atoms with Crippen molar-refractivity contribution >= 4 is 5.69 Å². The van der Waals surface area contributed by atoms with E-state index in [9.17, 15) is 5.21 Å². The van der Waals surface area contributed by atoms with Gasteiger partial charge in [-0.15, -0.1) is 0 Å². The van der Waals surface area contributed by atoms with Crippen molar-refractivity contribution in [2.45, 2.75) is 0 Å². The standard InChI is InChI=1S/C9H10N4O/c1-11-8-3-2-7(10)6-4-12-5-13(14)9(6)8/h2-5,10-11,14H,1H3. The van der Waals surface area contributed by atoms with Gasteiger partial charge in [-0.2, -0.15) is 4.73 Å². The molecule has 0 bridgehead atoms. The van der Waals surface area contributed by atoms with Crippen molar-refractivity contribution in [2.75, 3.05) is 12.4 Å². The molecular weight excluding hydrogens is 180 g/mol. The number of benzene rings is 1. The molecule has 5 nitrogen and oxygen atoms in total. The van der Waals surface area contributed by atoms with E-state index < -0.39 is 0 Å². The molecule has 72 valence electrons. The van der Waals surface area contributed by atoms with Gasteiger partial charge in [0.1, 0.15) is 12.0 Å². The van der Waals surface area contributed by atoms with Crippen LogP contribution in [0.15, 0.2) is 24.7 Å². The van der Waals surface area contributed by atoms with Gasteiger partial charge >= 0.3 is 0 Å². The van der Waals surface area contributed by atoms with Crippen LogP contribution in [0.1, 0.15) is 0 Å². The molecule has 3 N–H and O–H groups in total. The molecular formula is C9H10N4O. The van der Waals surface area contributed by atoms with E-state index in [4.69, 9.17) is 5.41 Å². The minimum Gasteiger partial charge on any atom is -0.427 e. The topological polar surface area (TPSA) is 73.9 Å². The van der Waals surface area contributed by atoms with Crippen molar-refractivity contribution in [1.82, 2.24) is 9.71 Å². The summed E-state index contributed by atoms with van der Waals surface area (Å²) in [6.07, 6.45) is 2.86. The highest BCUT2D eigenvalue weighted by Crippen LogP contribution is 2.23. The second kappa shape index (κ2) is 3.02. The summed E-state index contributed by atoms with van der Waals surface area (Å²) in [4.78, 5) is 3.81. The molecule has 2 aliphatic rings. The molecule has 0 saturated heterocycles. The zero-order valence-corrected chi connectivity index (χ0v) is 7.65. The van der Waals surface area contributed by atoms with Crippen LogP contribution >= 0.6 is 0 Å². The number of anilines is 1. The molecule has 0 saturated carbocycles. The largest absolute Gasteiger partial charge is 0.427 e. The molecule has 0 fully saturated rings. The average molecular weight is 190 g/mol. The molecule has 0 amide bonds. The van der Waals surface area contributed by atoms with Crippen LogP contribution in [0.4, 0.5) is 5.69 Å². The summed E-state index contributed by atoms with van der Waals surface area (Å²) >= 11 is 0. The molecule has 1 heterocycles. The molecule has 0 aromatic heterocycles. The zero-order chi connectivity index (χ0) is 10.1. The first-order chi connectivity index (χ1) is 6.74. The third-order valence-corrected chi connectivity index (χ3v) is 2.10. The Morgan fingerprint density at radius 3 is 3.00 bits per heavy atom. The van der Waals surface area contributed by atoms with Crippen molar-refractivity contribution in [2.24, 2.45) is 0 Å². The van der Waals surface area contributed by atoms with E-state index >= 15 is 0 Å². The molecule has 0 radical (unpaired) electrons. The summed E-state index contributed by atoms with van der Waals surface area (Å²) in [5, 5.41) is 20.5. The Hall–Kier alpha value is -2.04. The van der Waals surface area contributed by atoms with Crippen molar-refractivity contribution in [3.63, 3.8) is 0 Å². The lowest BCUT2D eigenvalue weighted by molar-refractivity contribution is 0.185. The number of fused-ring (bicyclic) bond motifs is 1. The maximum atomic E-state index is 9.54. The van der Waals surface area contributed by atoms with Crippen molar-refractivity contribution in [3.05, 3.63) is 30.0 Å². The third-order valence-electron chi connectivity index (χ3n) is 2.10. The Morgan fingerprint density at radius 1 is 1.50 bits per heavy atom. The maximum Gasteiger partial charge on any atom is 0.132 e. The minimum absolute atomic E-state index is 0.343. The van der Waals surface area contributed by atoms with Crippen LogP contribution in [-0.2, 0) is 0 Å². The number of nitrogens with zero attached hydrogens (tertiary/aromatic N) is 2. The summed E-state index contributed by atoms with van der Waals surface area (Å²) in [6.45, 7) is 0. The first-order valence-corrected chi connectivity index (χ1v) is 4.15. The normalized spacial score (nSPS) is 10.4. The fourth-order valence-electron chi connectivity index (χ4n) is 1.42. The van der Waals surface area contributed by atoms with E-state index in [2.05, 4.69) is 10.3 Å². The summed E-state index contributed by atoms with van der Waals surface area (Å²) in [5.41, 5.74) is 1.94. The van der Waals surface area contributed by atoms with Crippen LogP contribution in [0.3, 0.4) is 0 Å². The minimum atomic E-state index is 0.343. The highest BCUT2D eigenvalue weighted by Gasteiger charge is 2.12. The van der Waals surface area contributed by atoms with Gasteiger partial charge in [-0.05, 0) is 12.1 Å². The number of hydrogen-bond donors (Lipinski definition) is 3. The Balaban J connectivity index is 2.89. The molecule has 0 spiro atoms. The van der Waals surface area contributed by atoms with Gasteiger partial charge in [0, 0.05) is 18.8 Å². The Kier molecular flexibility index (Phi) is 1.85. The number of aromatic nitrogens is 2. The van der Waals surface area contributed by atoms with Gasteiger partial charge in [0.25, 0.3) is 0 Å². The summed E-state index contributed by atoms with van der Waals surface area (Å²) in [6, 6.07) is 3.41. The average Bonchev–Trinajstić information content (AvgIpc) is 2.20. The Bertz CT molecular complexity index is 491. The summed E-state index contributed by atoms with van der Waals surface area (Å²) in [5.74, 6) is 0. The predicted molar refractivity (Wildman–Crippen MR) is 51.4 cm³/mol. The number of nitrogens with one attached hydrogen (secondary N) is 2. The van der Waals surface area contributed by atoms with E-state index in [1.165, 1.54) is 6.33 Å². The van der Waals surface area contributed by atoms with Crippen LogP contribution in [0.5, 0.6) is 0 Å². The van der Waals surface area contributed by atoms with Gasteiger partial charge in [-0.3, -0.25) is 0 Å². The second-order valence-corrected chi connectivity index (χ2v) is 2.91. The fourth-order valence-corrected chi connectivity index (χ4v) is 1.42. The van der Waals surface area contributed by atoms with E-state index in [0.29, 0.717) is 16.6 Å². The Morgan fingerprint density at radius 2 is 2.29 bits per heavy atom. The van der Waals surface area contributed by atoms with E-state index in [1.807, 2.05) is 0 Å². The van der Waals surface area contributed by atoms with Crippen LogP contribution in [0.2, 0.25) is 0 Å². The van der Waals surface area contributed by atoms with Gasteiger partial charge in [-0.1, -0.05) is 0 Å². The summed E-state index contributed by atoms with van der Waals surface area (Å²) < 4.78 is 0.916. The zero-order valence-electron chi connectivity index (χ0n) is 7.65. The van der Waals surface area contributed by atoms with Gasteiger partial charge in [-0.25, -0.2) is 4.98 Å². The van der Waals surface area contributed by atoms with E-state index in [1.54, 1.807) is 25.4 Å². The molecule has 14 heavy (non-hydrogen) atoms. The van der Waals surface area contributed by atoms with E-state index in [-0.39, 0.29) is 0 Å². The van der Waals surface area contributed by atoms with Crippen LogP contribution in [-0.4, -0.2) is 22.0 Å². The third kappa shape index (κ3) is 1.10. The fraction of sp³-hybridized carbons (Fsp3) is 0.111.